The number of nitriles is 1. The fourth-order valence-electron chi connectivity index (χ4n) is 0.647. The van der Waals surface area contributed by atoms with Crippen LogP contribution in [0.5, 0.6) is 0 Å². The summed E-state index contributed by atoms with van der Waals surface area (Å²) in [6.07, 6.45) is -0.271. The fraction of sp³-hybridized carbons (Fsp3) is 0.143. The molecule has 66 valence electrons. The Kier molecular flexibility index (Phi) is 2.72. The number of carboxylic acids is 1. The fourth-order valence-corrected chi connectivity index (χ4v) is 1.38. The molecule has 0 aliphatic carbocycles. The van der Waals surface area contributed by atoms with Crippen molar-refractivity contribution in [2.75, 3.05) is 0 Å². The molecule has 0 aromatic carbocycles. The molecule has 0 saturated heterocycles. The lowest BCUT2D eigenvalue weighted by molar-refractivity contribution is 0.0691. The molecule has 1 N–H and O–H groups in total. The number of hydrogen-bond acceptors (Lipinski definition) is 5. The highest BCUT2D eigenvalue weighted by molar-refractivity contribution is 7.11. The first-order valence-electron chi connectivity index (χ1n) is 3.24. The number of carboxylic acid groups (broad SMARTS) is 1. The Morgan fingerprint density at radius 2 is 2.38 bits per heavy atom. The molecule has 0 aliphatic heterocycles. The second kappa shape index (κ2) is 3.78. The van der Waals surface area contributed by atoms with Crippen LogP contribution in [0.3, 0.4) is 0 Å². The molecule has 1 aromatic rings. The molecule has 0 saturated carbocycles. The van der Waals surface area contributed by atoms with Gasteiger partial charge in [0.15, 0.2) is 10.7 Å². The van der Waals surface area contributed by atoms with E-state index in [0.717, 1.165) is 11.3 Å². The third kappa shape index (κ3) is 2.10. The van der Waals surface area contributed by atoms with Gasteiger partial charge in [-0.05, 0) is 0 Å². The van der Waals surface area contributed by atoms with Crippen molar-refractivity contribution in [3.05, 3.63) is 16.1 Å². The lowest BCUT2D eigenvalue weighted by Crippen LogP contribution is -2.00. The van der Waals surface area contributed by atoms with E-state index in [4.69, 9.17) is 10.4 Å². The molecule has 0 amide bonds. The van der Waals surface area contributed by atoms with Crippen LogP contribution >= 0.6 is 11.3 Å². The first kappa shape index (κ1) is 9.35. The molecule has 0 fully saturated rings. The summed E-state index contributed by atoms with van der Waals surface area (Å²) in [7, 11) is 0. The smallest absolute Gasteiger partial charge is 0.355 e. The number of hydrogen-bond donors (Lipinski definition) is 1. The van der Waals surface area contributed by atoms with Gasteiger partial charge in [0, 0.05) is 5.38 Å². The summed E-state index contributed by atoms with van der Waals surface area (Å²) in [6, 6.07) is 1.67. The highest BCUT2D eigenvalue weighted by Gasteiger charge is 2.13. The third-order valence-corrected chi connectivity index (χ3v) is 2.08. The number of nitrogens with zero attached hydrogens (tertiary/aromatic N) is 2. The van der Waals surface area contributed by atoms with Gasteiger partial charge in [-0.2, -0.15) is 5.26 Å². The summed E-state index contributed by atoms with van der Waals surface area (Å²) < 4.78 is 0. The summed E-state index contributed by atoms with van der Waals surface area (Å²) in [6.45, 7) is 0. The molecule has 1 aromatic heterocycles. The molecular formula is C7H4N2O3S. The summed E-state index contributed by atoms with van der Waals surface area (Å²) >= 11 is 0.933. The zero-order valence-corrected chi connectivity index (χ0v) is 7.17. The lowest BCUT2D eigenvalue weighted by atomic mass is 10.3. The van der Waals surface area contributed by atoms with E-state index in [-0.39, 0.29) is 17.1 Å². The third-order valence-electron chi connectivity index (χ3n) is 1.20. The van der Waals surface area contributed by atoms with Crippen LogP contribution in [0.15, 0.2) is 5.38 Å². The Balaban J connectivity index is 2.87. The maximum Gasteiger partial charge on any atom is 0.355 e. The van der Waals surface area contributed by atoms with Gasteiger partial charge in [-0.15, -0.1) is 11.3 Å². The number of thiazole rings is 1. The van der Waals surface area contributed by atoms with Crippen molar-refractivity contribution in [3.8, 4) is 6.07 Å². The Morgan fingerprint density at radius 1 is 1.69 bits per heavy atom. The first-order chi connectivity index (χ1) is 6.15. The maximum absolute atomic E-state index is 11.0. The molecule has 0 atom stereocenters. The van der Waals surface area contributed by atoms with E-state index < -0.39 is 11.8 Å². The van der Waals surface area contributed by atoms with Crippen LogP contribution < -0.4 is 0 Å². The van der Waals surface area contributed by atoms with Crippen LogP contribution in [-0.2, 0) is 0 Å². The van der Waals surface area contributed by atoms with Crippen LogP contribution in [0.1, 0.15) is 26.7 Å². The average Bonchev–Trinajstić information content (AvgIpc) is 2.52. The predicted molar refractivity (Wildman–Crippen MR) is 43.6 cm³/mol. The van der Waals surface area contributed by atoms with E-state index >= 15 is 0 Å². The number of carbonyl (C=O) groups is 2. The molecule has 13 heavy (non-hydrogen) atoms. The van der Waals surface area contributed by atoms with Gasteiger partial charge in [-0.25, -0.2) is 9.78 Å². The normalized spacial score (nSPS) is 9.15. The number of aromatic nitrogens is 1. The number of carbonyl (C=O) groups excluding carboxylic acids is 1. The summed E-state index contributed by atoms with van der Waals surface area (Å²) in [5.74, 6) is -1.62. The van der Waals surface area contributed by atoms with E-state index in [9.17, 15) is 9.59 Å². The Bertz CT molecular complexity index is 391. The van der Waals surface area contributed by atoms with Crippen molar-refractivity contribution >= 4 is 23.1 Å². The van der Waals surface area contributed by atoms with Gasteiger partial charge in [0.05, 0.1) is 6.07 Å². The summed E-state index contributed by atoms with van der Waals surface area (Å²) in [4.78, 5) is 24.9. The molecule has 5 nitrogen and oxygen atoms in total. The molecule has 1 heterocycles. The van der Waals surface area contributed by atoms with E-state index in [0.29, 0.717) is 0 Å². The second-order valence-electron chi connectivity index (χ2n) is 2.10. The van der Waals surface area contributed by atoms with Crippen molar-refractivity contribution in [1.82, 2.24) is 4.98 Å². The molecule has 0 aliphatic rings. The molecule has 0 spiro atoms. The standard InChI is InChI=1S/C7H4N2O3S/c8-2-1-5(10)6-9-4(3-13-6)7(11)12/h3H,1H2,(H,11,12). The van der Waals surface area contributed by atoms with Crippen LogP contribution in [0.2, 0.25) is 0 Å². The van der Waals surface area contributed by atoms with Gasteiger partial charge in [-0.1, -0.05) is 0 Å². The van der Waals surface area contributed by atoms with Gasteiger partial charge in [0.1, 0.15) is 6.42 Å². The van der Waals surface area contributed by atoms with Gasteiger partial charge in [0.25, 0.3) is 0 Å². The number of rotatable bonds is 3. The Morgan fingerprint density at radius 3 is 2.85 bits per heavy atom. The van der Waals surface area contributed by atoms with Crippen LogP contribution in [-0.4, -0.2) is 21.8 Å². The monoisotopic (exact) mass is 196 g/mol. The van der Waals surface area contributed by atoms with Crippen LogP contribution in [0, 0.1) is 11.3 Å². The van der Waals surface area contributed by atoms with Crippen LogP contribution in [0.25, 0.3) is 0 Å². The average molecular weight is 196 g/mol. The lowest BCUT2D eigenvalue weighted by Gasteiger charge is -1.85. The largest absolute Gasteiger partial charge is 0.476 e. The molecule has 6 heteroatoms. The zero-order valence-electron chi connectivity index (χ0n) is 6.35. The molecule has 0 unspecified atom stereocenters. The van der Waals surface area contributed by atoms with Gasteiger partial charge in [-0.3, -0.25) is 4.79 Å². The minimum Gasteiger partial charge on any atom is -0.476 e. The first-order valence-corrected chi connectivity index (χ1v) is 4.12. The summed E-state index contributed by atoms with van der Waals surface area (Å²) in [5.41, 5.74) is -0.161. The SMILES string of the molecule is N#CCC(=O)c1nc(C(=O)O)cs1. The van der Waals surface area contributed by atoms with Crippen molar-refractivity contribution in [1.29, 1.82) is 5.26 Å². The van der Waals surface area contributed by atoms with E-state index in [1.165, 1.54) is 5.38 Å². The molecule has 1 rings (SSSR count). The second-order valence-corrected chi connectivity index (χ2v) is 2.96. The van der Waals surface area contributed by atoms with Crippen molar-refractivity contribution < 1.29 is 14.7 Å². The molecular weight excluding hydrogens is 192 g/mol. The van der Waals surface area contributed by atoms with Crippen molar-refractivity contribution in [3.63, 3.8) is 0 Å². The Labute approximate surface area is 77.3 Å². The van der Waals surface area contributed by atoms with E-state index in [1.54, 1.807) is 6.07 Å². The number of Topliss-reactive ketones (excluding diaryl/α,β-unsaturated/α-hetero) is 1. The van der Waals surface area contributed by atoms with Gasteiger partial charge >= 0.3 is 5.97 Å². The topological polar surface area (TPSA) is 91.0 Å². The highest BCUT2D eigenvalue weighted by Crippen LogP contribution is 2.11. The van der Waals surface area contributed by atoms with Gasteiger partial charge < -0.3 is 5.11 Å². The Hall–Kier alpha value is -1.74. The van der Waals surface area contributed by atoms with Crippen LogP contribution in [0.4, 0.5) is 0 Å². The number of ketones is 1. The van der Waals surface area contributed by atoms with Crippen molar-refractivity contribution in [2.24, 2.45) is 0 Å². The minimum atomic E-state index is -1.17. The highest BCUT2D eigenvalue weighted by atomic mass is 32.1. The minimum absolute atomic E-state index is 0.0685. The number of aromatic carboxylic acids is 1. The molecule has 0 bridgehead atoms. The predicted octanol–water partition coefficient (Wildman–Crippen LogP) is 0.938. The zero-order chi connectivity index (χ0) is 9.84. The summed E-state index contributed by atoms with van der Waals surface area (Å²) in [5, 5.41) is 18.0. The maximum atomic E-state index is 11.0. The van der Waals surface area contributed by atoms with Crippen molar-refractivity contribution in [2.45, 2.75) is 6.42 Å². The van der Waals surface area contributed by atoms with E-state index in [2.05, 4.69) is 4.98 Å². The molecule has 0 radical (unpaired) electrons. The van der Waals surface area contributed by atoms with Gasteiger partial charge in [0.2, 0.25) is 5.78 Å². The van der Waals surface area contributed by atoms with E-state index in [1.807, 2.05) is 0 Å². The quantitative estimate of drug-likeness (QED) is 0.726.